The average Bonchev–Trinajstić information content (AvgIpc) is 4.27. The van der Waals surface area contributed by atoms with Gasteiger partial charge >= 0.3 is 0 Å². The quantitative estimate of drug-likeness (QED) is 0.124. The van der Waals surface area contributed by atoms with E-state index in [0.717, 1.165) is 58.8 Å². The second-order valence-electron chi connectivity index (χ2n) is 18.3. The van der Waals surface area contributed by atoms with Gasteiger partial charge in [-0.15, -0.1) is 45.3 Å². The molecule has 0 fully saturated rings. The van der Waals surface area contributed by atoms with Crippen LogP contribution in [0.25, 0.3) is 83.2 Å². The van der Waals surface area contributed by atoms with Crippen LogP contribution in [-0.2, 0) is 0 Å². The molecule has 12 rings (SSSR count). The zero-order valence-corrected chi connectivity index (χ0v) is 45.8. The zero-order valence-electron chi connectivity index (χ0n) is 42.6. The van der Waals surface area contributed by atoms with E-state index in [0.29, 0.717) is 5.56 Å². The molecule has 12 aromatic rings. The third-order valence-electron chi connectivity index (χ3n) is 12.7. The van der Waals surface area contributed by atoms with E-state index in [9.17, 15) is 10.1 Å². The lowest BCUT2D eigenvalue weighted by atomic mass is 10.1. The number of nitro benzene ring substituents is 1. The fourth-order valence-electron chi connectivity index (χ4n) is 8.22. The summed E-state index contributed by atoms with van der Waals surface area (Å²) in [6.07, 6.45) is 0. The number of nitriles is 1. The van der Waals surface area contributed by atoms with Gasteiger partial charge in [-0.1, -0.05) is 121 Å². The third-order valence-corrected chi connectivity index (χ3v) is 17.6. The van der Waals surface area contributed by atoms with Crippen molar-refractivity contribution in [2.24, 2.45) is 0 Å². The van der Waals surface area contributed by atoms with Crippen LogP contribution >= 0.6 is 45.3 Å². The first-order valence-electron chi connectivity index (χ1n) is 24.0. The summed E-state index contributed by atoms with van der Waals surface area (Å²) in [5.74, 6) is 0. The number of fused-ring (bicyclic) bond motifs is 4. The van der Waals surface area contributed by atoms with Crippen LogP contribution in [0.4, 0.5) is 5.69 Å². The van der Waals surface area contributed by atoms with Gasteiger partial charge in [0.2, 0.25) is 0 Å². The van der Waals surface area contributed by atoms with Crippen LogP contribution in [0.15, 0.2) is 152 Å². The monoisotopic (exact) mass is 1040 g/mol. The van der Waals surface area contributed by atoms with Crippen LogP contribution in [0.3, 0.4) is 0 Å². The standard InChI is InChI=1S/C16H12N2S.C16H15NS.C15H12N2O2S.C15H13NS/c1-10-3-4-11(2)15-14(10)18-16(19-15)13-7-5-12(9-17)6-8-13;1-10-4-8-13(9-5-10)16-17-14-11(2)6-7-12(3)15(14)18-16;1-9-3-4-10(2)14-13(9)16-15(20-14)11-5-7-12(8-6-11)17(18)19;1-10-8-9-11(2)14-13(10)16-15(17-14)12-6-4-3-5-7-12/h3-8H,1-2H3;4-9H,1-3H3;3-8H,1-2H3;3-9H,1-2H3. The lowest BCUT2D eigenvalue weighted by Gasteiger charge is -1.96. The normalized spacial score (nSPS) is 10.9. The van der Waals surface area contributed by atoms with Crippen molar-refractivity contribution in [3.8, 4) is 48.4 Å². The van der Waals surface area contributed by atoms with Crippen molar-refractivity contribution in [1.29, 1.82) is 5.26 Å². The Hall–Kier alpha value is -7.79. The number of thiazole rings is 4. The Morgan fingerprint density at radius 2 is 0.662 bits per heavy atom. The highest BCUT2D eigenvalue weighted by Crippen LogP contribution is 2.38. The second-order valence-corrected chi connectivity index (χ2v) is 22.3. The van der Waals surface area contributed by atoms with Crippen molar-refractivity contribution in [2.45, 2.75) is 62.3 Å². The van der Waals surface area contributed by atoms with Crippen LogP contribution in [0.5, 0.6) is 0 Å². The summed E-state index contributed by atoms with van der Waals surface area (Å²) < 4.78 is 5.05. The Bertz CT molecular complexity index is 3880. The first-order chi connectivity index (χ1) is 35.6. The van der Waals surface area contributed by atoms with Crippen molar-refractivity contribution in [2.75, 3.05) is 0 Å². The zero-order chi connectivity index (χ0) is 52.2. The Kier molecular flexibility index (Phi) is 15.3. The number of rotatable bonds is 5. The van der Waals surface area contributed by atoms with Crippen LogP contribution < -0.4 is 0 Å². The van der Waals surface area contributed by atoms with Gasteiger partial charge in [0.15, 0.2) is 0 Å². The summed E-state index contributed by atoms with van der Waals surface area (Å²) in [6.45, 7) is 19.0. The van der Waals surface area contributed by atoms with Gasteiger partial charge in [0.25, 0.3) is 5.69 Å². The maximum atomic E-state index is 10.7. The van der Waals surface area contributed by atoms with E-state index in [1.807, 2.05) is 37.3 Å². The van der Waals surface area contributed by atoms with Gasteiger partial charge in [0.05, 0.1) is 57.4 Å². The molecule has 4 aromatic heterocycles. The number of nitrogens with zero attached hydrogens (tertiary/aromatic N) is 6. The molecule has 0 saturated heterocycles. The smallest absolute Gasteiger partial charge is 0.258 e. The molecule has 0 radical (unpaired) electrons. The fraction of sp³-hybridized carbons (Fsp3) is 0.145. The number of benzene rings is 8. The minimum Gasteiger partial charge on any atom is -0.258 e. The summed E-state index contributed by atoms with van der Waals surface area (Å²) in [5, 5.41) is 23.6. The molecule has 0 atom stereocenters. The molecule has 8 aromatic carbocycles. The lowest BCUT2D eigenvalue weighted by Crippen LogP contribution is -1.86. The molecule has 0 spiro atoms. The number of aryl methyl sites for hydroxylation is 9. The summed E-state index contributed by atoms with van der Waals surface area (Å²) in [7, 11) is 0. The fourth-order valence-corrected chi connectivity index (χ4v) is 12.7. The summed E-state index contributed by atoms with van der Waals surface area (Å²) in [4.78, 5) is 29.2. The summed E-state index contributed by atoms with van der Waals surface area (Å²) >= 11 is 6.90. The molecule has 74 heavy (non-hydrogen) atoms. The first kappa shape index (κ1) is 51.1. The lowest BCUT2D eigenvalue weighted by molar-refractivity contribution is -0.384. The highest BCUT2D eigenvalue weighted by atomic mass is 32.1. The van der Waals surface area contributed by atoms with E-state index in [1.165, 1.54) is 86.6 Å². The van der Waals surface area contributed by atoms with Crippen LogP contribution in [0.1, 0.15) is 55.6 Å². The van der Waals surface area contributed by atoms with Crippen molar-refractivity contribution in [3.05, 3.63) is 217 Å². The van der Waals surface area contributed by atoms with Crippen LogP contribution in [0, 0.1) is 83.8 Å². The second kappa shape index (κ2) is 22.1. The van der Waals surface area contributed by atoms with Gasteiger partial charge in [-0.05, 0) is 131 Å². The van der Waals surface area contributed by atoms with Gasteiger partial charge in [-0.25, -0.2) is 19.9 Å². The summed E-state index contributed by atoms with van der Waals surface area (Å²) in [6, 6.07) is 52.3. The van der Waals surface area contributed by atoms with E-state index in [2.05, 4.69) is 164 Å². The van der Waals surface area contributed by atoms with E-state index in [-0.39, 0.29) is 5.69 Å². The molecular weight excluding hydrogens is 989 g/mol. The average molecular weight is 1040 g/mol. The number of hydrogen-bond donors (Lipinski definition) is 0. The topological polar surface area (TPSA) is 118 Å². The Morgan fingerprint density at radius 1 is 0.378 bits per heavy atom. The Morgan fingerprint density at radius 3 is 0.959 bits per heavy atom. The molecule has 0 bridgehead atoms. The molecule has 0 saturated carbocycles. The SMILES string of the molecule is Cc1ccc(-c2nc3c(C)ccc(C)c3s2)cc1.Cc1ccc(C)c2sc(-c3ccc(C#N)cc3)nc12.Cc1ccc(C)c2sc(-c3ccc([N+](=O)[O-])cc3)nc12.Cc1ccc(C)c2sc(-c3ccccc3)nc12. The molecule has 0 N–H and O–H groups in total. The van der Waals surface area contributed by atoms with Gasteiger partial charge in [0.1, 0.15) is 20.0 Å². The van der Waals surface area contributed by atoms with Crippen molar-refractivity contribution in [3.63, 3.8) is 0 Å². The van der Waals surface area contributed by atoms with E-state index < -0.39 is 4.92 Å². The number of nitro groups is 1. The first-order valence-corrected chi connectivity index (χ1v) is 27.3. The third kappa shape index (κ3) is 11.1. The molecular formula is C62H52N6O2S4. The van der Waals surface area contributed by atoms with E-state index >= 15 is 0 Å². The maximum Gasteiger partial charge on any atom is 0.269 e. The van der Waals surface area contributed by atoms with Crippen molar-refractivity contribution < 1.29 is 4.92 Å². The van der Waals surface area contributed by atoms with Gasteiger partial charge < -0.3 is 0 Å². The molecule has 0 aliphatic rings. The van der Waals surface area contributed by atoms with Crippen molar-refractivity contribution >= 4 is 91.9 Å². The Balaban J connectivity index is 0.000000121. The molecule has 0 aliphatic carbocycles. The number of hydrogen-bond acceptors (Lipinski definition) is 11. The molecule has 12 heteroatoms. The van der Waals surface area contributed by atoms with Gasteiger partial charge in [-0.3, -0.25) is 10.1 Å². The molecule has 0 amide bonds. The van der Waals surface area contributed by atoms with Gasteiger partial charge in [-0.2, -0.15) is 5.26 Å². The highest BCUT2D eigenvalue weighted by molar-refractivity contribution is 7.23. The molecule has 8 nitrogen and oxygen atoms in total. The molecule has 366 valence electrons. The van der Waals surface area contributed by atoms with Crippen LogP contribution in [0.2, 0.25) is 0 Å². The largest absolute Gasteiger partial charge is 0.269 e. The van der Waals surface area contributed by atoms with Crippen molar-refractivity contribution in [1.82, 2.24) is 19.9 Å². The molecule has 0 unspecified atom stereocenters. The predicted octanol–water partition coefficient (Wildman–Crippen LogP) is 18.4. The predicted molar refractivity (Wildman–Crippen MR) is 314 cm³/mol. The van der Waals surface area contributed by atoms with Gasteiger partial charge in [0, 0.05) is 34.4 Å². The maximum absolute atomic E-state index is 10.7. The minimum absolute atomic E-state index is 0.0993. The van der Waals surface area contributed by atoms with E-state index in [4.69, 9.17) is 20.2 Å². The van der Waals surface area contributed by atoms with E-state index in [1.54, 1.807) is 57.5 Å². The number of aromatic nitrogens is 4. The van der Waals surface area contributed by atoms with Crippen LogP contribution in [-0.4, -0.2) is 24.9 Å². The molecule has 4 heterocycles. The Labute approximate surface area is 447 Å². The molecule has 0 aliphatic heterocycles. The number of non-ortho nitro benzene ring substituents is 1. The minimum atomic E-state index is -0.392. The summed E-state index contributed by atoms with van der Waals surface area (Å²) in [5.41, 5.74) is 20.8. The highest BCUT2D eigenvalue weighted by Gasteiger charge is 2.14.